The molecule has 0 unspecified atom stereocenters. The van der Waals surface area contributed by atoms with Crippen molar-refractivity contribution in [2.24, 2.45) is 7.05 Å². The average molecular weight is 316 g/mol. The molecule has 1 N–H and O–H groups in total. The molecule has 0 saturated heterocycles. The van der Waals surface area contributed by atoms with E-state index in [9.17, 15) is 18.0 Å². The molecule has 0 aromatic carbocycles. The van der Waals surface area contributed by atoms with Crippen molar-refractivity contribution in [2.75, 3.05) is 0 Å². The fraction of sp³-hybridized carbons (Fsp3) is 0.250. The molecule has 0 bridgehead atoms. The Labute approximate surface area is 122 Å². The second-order valence-corrected chi connectivity index (χ2v) is 5.09. The minimum atomic E-state index is -4.50. The Hall–Kier alpha value is -2.03. The Morgan fingerprint density at radius 3 is 2.76 bits per heavy atom. The highest BCUT2D eigenvalue weighted by Gasteiger charge is 2.32. The molecule has 0 aliphatic rings. The average Bonchev–Trinajstić information content (AvgIpc) is 2.80. The van der Waals surface area contributed by atoms with E-state index in [1.807, 2.05) is 0 Å². The Balaban J connectivity index is 2.10. The van der Waals surface area contributed by atoms with Gasteiger partial charge in [-0.25, -0.2) is 9.97 Å². The van der Waals surface area contributed by atoms with Crippen LogP contribution in [0.15, 0.2) is 35.7 Å². The third-order valence-electron chi connectivity index (χ3n) is 2.56. The molecule has 2 rings (SSSR count). The fourth-order valence-corrected chi connectivity index (χ4v) is 2.18. The number of hydrogen-bond acceptors (Lipinski definition) is 4. The molecule has 2 aromatic rings. The Kier molecular flexibility index (Phi) is 4.51. The summed E-state index contributed by atoms with van der Waals surface area (Å²) in [5, 5.41) is 2.15. The number of alkyl halides is 3. The van der Waals surface area contributed by atoms with Gasteiger partial charge in [0.1, 0.15) is 10.9 Å². The summed E-state index contributed by atoms with van der Waals surface area (Å²) in [5.41, 5.74) is -4.61. The molecule has 0 radical (unpaired) electrons. The first kappa shape index (κ1) is 15.4. The molecule has 0 atom stereocenters. The Morgan fingerprint density at radius 2 is 2.14 bits per heavy atom. The fourth-order valence-electron chi connectivity index (χ4n) is 1.58. The molecule has 0 saturated carbocycles. The van der Waals surface area contributed by atoms with Crippen LogP contribution < -0.4 is 5.32 Å². The van der Waals surface area contributed by atoms with Gasteiger partial charge in [-0.2, -0.15) is 13.2 Å². The molecule has 21 heavy (non-hydrogen) atoms. The van der Waals surface area contributed by atoms with E-state index in [4.69, 9.17) is 0 Å². The van der Waals surface area contributed by atoms with Crippen LogP contribution in [0.3, 0.4) is 0 Å². The van der Waals surface area contributed by atoms with Crippen LogP contribution in [0.2, 0.25) is 0 Å². The van der Waals surface area contributed by atoms with Crippen molar-refractivity contribution >= 4 is 17.7 Å². The topological polar surface area (TPSA) is 59.8 Å². The first-order chi connectivity index (χ1) is 9.87. The molecular weight excluding hydrogens is 305 g/mol. The number of thioether (sulfide) groups is 1. The highest BCUT2D eigenvalue weighted by atomic mass is 32.2. The number of pyridine rings is 1. The number of aryl methyl sites for hydroxylation is 1. The lowest BCUT2D eigenvalue weighted by Crippen LogP contribution is -2.25. The molecule has 0 aliphatic carbocycles. The lowest BCUT2D eigenvalue weighted by molar-refractivity contribution is -0.0329. The van der Waals surface area contributed by atoms with Crippen LogP contribution >= 0.6 is 11.8 Å². The predicted molar refractivity (Wildman–Crippen MR) is 70.5 cm³/mol. The predicted octanol–water partition coefficient (Wildman–Crippen LogP) is 2.36. The van der Waals surface area contributed by atoms with Crippen LogP contribution in [0.1, 0.15) is 16.2 Å². The first-order valence-corrected chi connectivity index (χ1v) is 6.63. The molecule has 0 spiro atoms. The van der Waals surface area contributed by atoms with E-state index >= 15 is 0 Å². The maximum Gasteiger partial charge on any atom is 0.447 e. The number of amides is 1. The number of aromatic nitrogens is 3. The van der Waals surface area contributed by atoms with Gasteiger partial charge in [-0.3, -0.25) is 4.79 Å². The van der Waals surface area contributed by atoms with Gasteiger partial charge in [-0.15, -0.1) is 0 Å². The minimum Gasteiger partial charge on any atom is -0.345 e. The zero-order chi connectivity index (χ0) is 15.5. The molecule has 9 heteroatoms. The van der Waals surface area contributed by atoms with E-state index in [0.29, 0.717) is 5.82 Å². The molecule has 2 aromatic heterocycles. The third-order valence-corrected chi connectivity index (χ3v) is 3.31. The van der Waals surface area contributed by atoms with Crippen LogP contribution in [-0.2, 0) is 13.6 Å². The monoisotopic (exact) mass is 316 g/mol. The summed E-state index contributed by atoms with van der Waals surface area (Å²) >= 11 is -0.411. The van der Waals surface area contributed by atoms with Crippen LogP contribution in [0.25, 0.3) is 0 Å². The normalized spacial score (nSPS) is 11.4. The van der Waals surface area contributed by atoms with Crippen LogP contribution in [0.4, 0.5) is 13.2 Å². The molecule has 0 fully saturated rings. The molecular formula is C12H11F3N4OS. The minimum absolute atomic E-state index is 0.117. The zero-order valence-corrected chi connectivity index (χ0v) is 11.7. The zero-order valence-electron chi connectivity index (χ0n) is 10.9. The Morgan fingerprint density at radius 1 is 1.38 bits per heavy atom. The molecule has 1 amide bonds. The van der Waals surface area contributed by atoms with Crippen molar-refractivity contribution < 1.29 is 18.0 Å². The van der Waals surface area contributed by atoms with Crippen LogP contribution in [0, 0.1) is 0 Å². The van der Waals surface area contributed by atoms with E-state index in [0.717, 1.165) is 0 Å². The van der Waals surface area contributed by atoms with E-state index in [2.05, 4.69) is 15.3 Å². The summed E-state index contributed by atoms with van der Waals surface area (Å²) in [7, 11) is 1.75. The quantitative estimate of drug-likeness (QED) is 0.880. The smallest absolute Gasteiger partial charge is 0.345 e. The summed E-state index contributed by atoms with van der Waals surface area (Å²) < 4.78 is 39.0. The number of carbonyl (C=O) groups excluding carboxylic acids is 1. The molecule has 5 nitrogen and oxygen atoms in total. The second kappa shape index (κ2) is 6.17. The molecule has 112 valence electrons. The van der Waals surface area contributed by atoms with E-state index in [-0.39, 0.29) is 17.1 Å². The number of hydrogen-bond donors (Lipinski definition) is 1. The number of nitrogens with zero attached hydrogens (tertiary/aromatic N) is 3. The van der Waals surface area contributed by atoms with Crippen molar-refractivity contribution in [3.63, 3.8) is 0 Å². The number of imidazole rings is 1. The van der Waals surface area contributed by atoms with E-state index in [1.165, 1.54) is 18.3 Å². The van der Waals surface area contributed by atoms with Gasteiger partial charge in [-0.05, 0) is 12.1 Å². The summed E-state index contributed by atoms with van der Waals surface area (Å²) in [4.78, 5) is 19.6. The summed E-state index contributed by atoms with van der Waals surface area (Å²) in [6.07, 6.45) is 4.48. The standard InChI is InChI=1S/C12H11F3N4OS/c1-19-6-5-16-9(19)7-18-10(20)8-3-2-4-17-11(8)21-12(13,14)15/h2-6H,7H2,1H3,(H,18,20). The summed E-state index contributed by atoms with van der Waals surface area (Å²) in [6.45, 7) is 0.118. The van der Waals surface area contributed by atoms with Crippen molar-refractivity contribution in [3.05, 3.63) is 42.1 Å². The van der Waals surface area contributed by atoms with Gasteiger partial charge in [-0.1, -0.05) is 0 Å². The molecule has 2 heterocycles. The maximum atomic E-state index is 12.4. The summed E-state index contributed by atoms with van der Waals surface area (Å²) in [6, 6.07) is 2.71. The maximum absolute atomic E-state index is 12.4. The van der Waals surface area contributed by atoms with Crippen molar-refractivity contribution in [1.29, 1.82) is 0 Å². The largest absolute Gasteiger partial charge is 0.447 e. The van der Waals surface area contributed by atoms with Crippen LogP contribution in [0.5, 0.6) is 0 Å². The first-order valence-electron chi connectivity index (χ1n) is 5.82. The van der Waals surface area contributed by atoms with Crippen molar-refractivity contribution in [1.82, 2.24) is 19.9 Å². The molecule has 0 aliphatic heterocycles. The number of halogens is 3. The Bertz CT molecular complexity index is 641. The highest BCUT2D eigenvalue weighted by molar-refractivity contribution is 8.00. The number of carbonyl (C=O) groups is 1. The number of nitrogens with one attached hydrogen (secondary N) is 1. The highest BCUT2D eigenvalue weighted by Crippen LogP contribution is 2.37. The van der Waals surface area contributed by atoms with Gasteiger partial charge in [0.05, 0.1) is 12.1 Å². The van der Waals surface area contributed by atoms with Gasteiger partial charge < -0.3 is 9.88 Å². The number of rotatable bonds is 4. The van der Waals surface area contributed by atoms with Gasteiger partial charge in [0.2, 0.25) is 0 Å². The van der Waals surface area contributed by atoms with Crippen molar-refractivity contribution in [3.8, 4) is 0 Å². The van der Waals surface area contributed by atoms with Gasteiger partial charge >= 0.3 is 5.51 Å². The van der Waals surface area contributed by atoms with E-state index < -0.39 is 23.2 Å². The lowest BCUT2D eigenvalue weighted by Gasteiger charge is -2.10. The lowest BCUT2D eigenvalue weighted by atomic mass is 10.2. The van der Waals surface area contributed by atoms with Crippen LogP contribution in [-0.4, -0.2) is 26.0 Å². The van der Waals surface area contributed by atoms with Gasteiger partial charge in [0.15, 0.2) is 0 Å². The third kappa shape index (κ3) is 4.22. The van der Waals surface area contributed by atoms with Crippen molar-refractivity contribution in [2.45, 2.75) is 17.1 Å². The van der Waals surface area contributed by atoms with E-state index in [1.54, 1.807) is 24.0 Å². The summed E-state index contributed by atoms with van der Waals surface area (Å²) in [5.74, 6) is -0.0323. The SMILES string of the molecule is Cn1ccnc1CNC(=O)c1cccnc1SC(F)(F)F. The second-order valence-electron chi connectivity index (χ2n) is 4.04. The van der Waals surface area contributed by atoms with Gasteiger partial charge in [0.25, 0.3) is 5.91 Å². The van der Waals surface area contributed by atoms with Gasteiger partial charge in [0, 0.05) is 37.4 Å².